The van der Waals surface area contributed by atoms with Gasteiger partial charge in [0.2, 0.25) is 5.88 Å². The molecule has 0 bridgehead atoms. The van der Waals surface area contributed by atoms with Crippen LogP contribution in [0.2, 0.25) is 0 Å². The number of benzene rings is 1. The average molecular weight is 252 g/mol. The summed E-state index contributed by atoms with van der Waals surface area (Å²) in [5.41, 5.74) is 2.48. The zero-order valence-electron chi connectivity index (χ0n) is 10.2. The number of nitriles is 1. The lowest BCUT2D eigenvalue weighted by Crippen LogP contribution is -1.94. The van der Waals surface area contributed by atoms with E-state index >= 15 is 0 Å². The summed E-state index contributed by atoms with van der Waals surface area (Å²) in [6.07, 6.45) is 2.62. The van der Waals surface area contributed by atoms with Crippen LogP contribution in [0.25, 0.3) is 0 Å². The van der Waals surface area contributed by atoms with E-state index in [2.05, 4.69) is 4.98 Å². The molecule has 4 heteroatoms. The van der Waals surface area contributed by atoms with Crippen LogP contribution in [0.3, 0.4) is 0 Å². The Morgan fingerprint density at radius 1 is 1.32 bits per heavy atom. The number of pyridine rings is 1. The minimum atomic E-state index is -0.396. The third-order valence-corrected chi connectivity index (χ3v) is 3.28. The minimum Gasteiger partial charge on any atom is -0.439 e. The molecule has 0 aliphatic heterocycles. The second kappa shape index (κ2) is 4.71. The van der Waals surface area contributed by atoms with Crippen LogP contribution in [0.4, 0.5) is 0 Å². The molecule has 19 heavy (non-hydrogen) atoms. The molecule has 1 unspecified atom stereocenters. The quantitative estimate of drug-likeness (QED) is 0.892. The van der Waals surface area contributed by atoms with Crippen LogP contribution in [-0.2, 0) is 6.42 Å². The predicted molar refractivity (Wildman–Crippen MR) is 68.7 cm³/mol. The van der Waals surface area contributed by atoms with Crippen LogP contribution in [0.1, 0.15) is 29.2 Å². The summed E-state index contributed by atoms with van der Waals surface area (Å²) in [4.78, 5) is 4.08. The summed E-state index contributed by atoms with van der Waals surface area (Å²) < 4.78 is 5.74. The fourth-order valence-corrected chi connectivity index (χ4v) is 2.31. The van der Waals surface area contributed by atoms with E-state index in [4.69, 9.17) is 10.00 Å². The number of aliphatic hydroxyl groups excluding tert-OH is 1. The number of hydrogen-bond donors (Lipinski definition) is 1. The predicted octanol–water partition coefficient (Wildman–Crippen LogP) is 2.73. The molecule has 3 rings (SSSR count). The van der Waals surface area contributed by atoms with Crippen LogP contribution in [0, 0.1) is 11.3 Å². The minimum absolute atomic E-state index is 0.396. The SMILES string of the molecule is N#Cc1ccc(Oc2cccc3c2CCC3O)nc1. The maximum absolute atomic E-state index is 9.83. The maximum Gasteiger partial charge on any atom is 0.219 e. The summed E-state index contributed by atoms with van der Waals surface area (Å²) in [6, 6.07) is 11.0. The largest absolute Gasteiger partial charge is 0.439 e. The first-order valence-corrected chi connectivity index (χ1v) is 6.12. The fraction of sp³-hybridized carbons (Fsp3) is 0.200. The molecule has 0 spiro atoms. The van der Waals surface area contributed by atoms with Gasteiger partial charge in [0.05, 0.1) is 11.7 Å². The van der Waals surface area contributed by atoms with Crippen molar-refractivity contribution in [3.8, 4) is 17.7 Å². The van der Waals surface area contributed by atoms with Crippen LogP contribution in [0.5, 0.6) is 11.6 Å². The second-order valence-corrected chi connectivity index (χ2v) is 4.48. The second-order valence-electron chi connectivity index (χ2n) is 4.48. The molecule has 1 N–H and O–H groups in total. The molecular weight excluding hydrogens is 240 g/mol. The molecule has 94 valence electrons. The van der Waals surface area contributed by atoms with Crippen molar-refractivity contribution in [3.63, 3.8) is 0 Å². The smallest absolute Gasteiger partial charge is 0.219 e. The van der Waals surface area contributed by atoms with Crippen molar-refractivity contribution in [2.75, 3.05) is 0 Å². The van der Waals surface area contributed by atoms with E-state index in [1.807, 2.05) is 24.3 Å². The van der Waals surface area contributed by atoms with Crippen LogP contribution >= 0.6 is 0 Å². The fourth-order valence-electron chi connectivity index (χ4n) is 2.31. The molecule has 1 aromatic heterocycles. The third kappa shape index (κ3) is 2.16. The first-order valence-electron chi connectivity index (χ1n) is 6.12. The van der Waals surface area contributed by atoms with Gasteiger partial charge in [-0.1, -0.05) is 12.1 Å². The summed E-state index contributed by atoms with van der Waals surface area (Å²) in [7, 11) is 0. The summed E-state index contributed by atoms with van der Waals surface area (Å²) in [5.74, 6) is 1.18. The number of hydrogen-bond acceptors (Lipinski definition) is 4. The Hall–Kier alpha value is -2.38. The molecule has 0 saturated heterocycles. The number of ether oxygens (including phenoxy) is 1. The molecule has 1 aromatic carbocycles. The molecular formula is C15H12N2O2. The lowest BCUT2D eigenvalue weighted by Gasteiger charge is -2.10. The molecule has 0 fully saturated rings. The van der Waals surface area contributed by atoms with Gasteiger partial charge in [-0.3, -0.25) is 0 Å². The normalized spacial score (nSPS) is 16.7. The summed E-state index contributed by atoms with van der Waals surface area (Å²) in [6.45, 7) is 0. The average Bonchev–Trinajstić information content (AvgIpc) is 2.83. The van der Waals surface area contributed by atoms with Crippen molar-refractivity contribution in [3.05, 3.63) is 53.2 Å². The van der Waals surface area contributed by atoms with Crippen LogP contribution < -0.4 is 4.74 Å². The number of aromatic nitrogens is 1. The van der Waals surface area contributed by atoms with Gasteiger partial charge in [-0.2, -0.15) is 5.26 Å². The van der Waals surface area contributed by atoms with Crippen molar-refractivity contribution in [2.24, 2.45) is 0 Å². The number of aliphatic hydroxyl groups is 1. The summed E-state index contributed by atoms with van der Waals surface area (Å²) in [5, 5.41) is 18.5. The Bertz CT molecular complexity index is 644. The Morgan fingerprint density at radius 2 is 2.21 bits per heavy atom. The standard InChI is InChI=1S/C15H12N2O2/c16-8-10-4-7-15(17-9-10)19-14-3-1-2-11-12(14)5-6-13(11)18/h1-4,7,9,13,18H,5-6H2. The highest BCUT2D eigenvalue weighted by Crippen LogP contribution is 2.38. The highest BCUT2D eigenvalue weighted by atomic mass is 16.5. The highest BCUT2D eigenvalue weighted by Gasteiger charge is 2.23. The highest BCUT2D eigenvalue weighted by molar-refractivity contribution is 5.46. The lowest BCUT2D eigenvalue weighted by atomic mass is 10.1. The van der Waals surface area contributed by atoms with Gasteiger partial charge in [0.25, 0.3) is 0 Å². The van der Waals surface area contributed by atoms with Gasteiger partial charge in [0, 0.05) is 17.8 Å². The molecule has 4 nitrogen and oxygen atoms in total. The van der Waals surface area contributed by atoms with Crippen molar-refractivity contribution in [1.82, 2.24) is 4.98 Å². The van der Waals surface area contributed by atoms with E-state index in [1.165, 1.54) is 6.20 Å². The van der Waals surface area contributed by atoms with Crippen molar-refractivity contribution < 1.29 is 9.84 Å². The van der Waals surface area contributed by atoms with Gasteiger partial charge in [0.1, 0.15) is 11.8 Å². The van der Waals surface area contributed by atoms with E-state index in [1.54, 1.807) is 12.1 Å². The Morgan fingerprint density at radius 3 is 2.95 bits per heavy atom. The molecule has 1 aliphatic rings. The molecule has 0 radical (unpaired) electrons. The summed E-state index contributed by atoms with van der Waals surface area (Å²) >= 11 is 0. The molecule has 1 atom stereocenters. The van der Waals surface area contributed by atoms with E-state index < -0.39 is 6.10 Å². The number of nitrogens with zero attached hydrogens (tertiary/aromatic N) is 2. The van der Waals surface area contributed by atoms with E-state index in [0.29, 0.717) is 11.4 Å². The van der Waals surface area contributed by atoms with Crippen molar-refractivity contribution in [2.45, 2.75) is 18.9 Å². The molecule has 1 heterocycles. The first kappa shape index (κ1) is 11.7. The zero-order chi connectivity index (χ0) is 13.2. The Kier molecular flexibility index (Phi) is 2.90. The van der Waals surface area contributed by atoms with Gasteiger partial charge in [-0.15, -0.1) is 0 Å². The van der Waals surface area contributed by atoms with Crippen molar-refractivity contribution >= 4 is 0 Å². The Labute approximate surface area is 110 Å². The van der Waals surface area contributed by atoms with E-state index in [9.17, 15) is 5.11 Å². The van der Waals surface area contributed by atoms with Gasteiger partial charge in [0.15, 0.2) is 0 Å². The third-order valence-electron chi connectivity index (χ3n) is 3.28. The lowest BCUT2D eigenvalue weighted by molar-refractivity contribution is 0.180. The molecule has 0 amide bonds. The maximum atomic E-state index is 9.83. The van der Waals surface area contributed by atoms with Gasteiger partial charge >= 0.3 is 0 Å². The van der Waals surface area contributed by atoms with Gasteiger partial charge in [-0.05, 0) is 30.5 Å². The molecule has 0 saturated carbocycles. The Balaban J connectivity index is 1.90. The first-order chi connectivity index (χ1) is 9.28. The van der Waals surface area contributed by atoms with Gasteiger partial charge < -0.3 is 9.84 Å². The van der Waals surface area contributed by atoms with E-state index in [0.717, 1.165) is 29.7 Å². The topological polar surface area (TPSA) is 66.1 Å². The monoisotopic (exact) mass is 252 g/mol. The molecule has 1 aliphatic carbocycles. The number of rotatable bonds is 2. The van der Waals surface area contributed by atoms with Crippen molar-refractivity contribution in [1.29, 1.82) is 5.26 Å². The van der Waals surface area contributed by atoms with E-state index in [-0.39, 0.29) is 0 Å². The van der Waals surface area contributed by atoms with Gasteiger partial charge in [-0.25, -0.2) is 4.98 Å². The number of fused-ring (bicyclic) bond motifs is 1. The molecule has 2 aromatic rings. The zero-order valence-corrected chi connectivity index (χ0v) is 10.2. The van der Waals surface area contributed by atoms with Crippen LogP contribution in [0.15, 0.2) is 36.5 Å². The van der Waals surface area contributed by atoms with Crippen LogP contribution in [-0.4, -0.2) is 10.1 Å².